The van der Waals surface area contributed by atoms with Crippen molar-refractivity contribution in [2.24, 2.45) is 5.92 Å². The number of amides is 2. The van der Waals surface area contributed by atoms with Crippen molar-refractivity contribution in [2.45, 2.75) is 19.4 Å². The average Bonchev–Trinajstić information content (AvgIpc) is 2.47. The lowest BCUT2D eigenvalue weighted by atomic mass is 10.1. The second kappa shape index (κ2) is 9.60. The van der Waals surface area contributed by atoms with Crippen LogP contribution in [0.3, 0.4) is 0 Å². The van der Waals surface area contributed by atoms with E-state index in [1.165, 1.54) is 0 Å². The topological polar surface area (TPSA) is 70.6 Å². The normalized spacial score (nSPS) is 13.5. The van der Waals surface area contributed by atoms with Gasteiger partial charge in [0.25, 0.3) is 0 Å². The van der Waals surface area contributed by atoms with Gasteiger partial charge in [-0.2, -0.15) is 0 Å². The van der Waals surface area contributed by atoms with E-state index < -0.39 is 0 Å². The van der Waals surface area contributed by atoms with Gasteiger partial charge < -0.3 is 20.5 Å². The number of rotatable bonds is 8. The molecule has 1 aromatic carbocycles. The van der Waals surface area contributed by atoms with Crippen LogP contribution in [-0.2, 0) is 4.74 Å². The summed E-state index contributed by atoms with van der Waals surface area (Å²) in [4.78, 5) is 11.7. The molecule has 0 aliphatic carbocycles. The van der Waals surface area contributed by atoms with Gasteiger partial charge >= 0.3 is 6.03 Å². The molecule has 2 amide bonds. The maximum atomic E-state index is 11.7. The lowest BCUT2D eigenvalue weighted by molar-refractivity contribution is 0.104. The Labute approximate surface area is 130 Å². The van der Waals surface area contributed by atoms with E-state index in [0.717, 1.165) is 5.56 Å². The predicted octanol–water partition coefficient (Wildman–Crippen LogP) is 2.35. The molecule has 118 valence electrons. The molecule has 0 radical (unpaired) electrons. The molecule has 1 rings (SSSR count). The number of methoxy groups -OCH3 is 1. The van der Waals surface area contributed by atoms with E-state index in [9.17, 15) is 4.79 Å². The van der Waals surface area contributed by atoms with Gasteiger partial charge in [-0.1, -0.05) is 36.7 Å². The molecule has 0 heterocycles. The van der Waals surface area contributed by atoms with Crippen molar-refractivity contribution >= 4 is 17.6 Å². The Kier molecular flexibility index (Phi) is 8.12. The number of carbonyl (C=O) groups excluding carboxylic acids is 1. The highest BCUT2D eigenvalue weighted by molar-refractivity contribution is 6.31. The summed E-state index contributed by atoms with van der Waals surface area (Å²) in [7, 11) is 1.58. The summed E-state index contributed by atoms with van der Waals surface area (Å²) in [6, 6.07) is 7.14. The predicted molar refractivity (Wildman–Crippen MR) is 83.5 cm³/mol. The van der Waals surface area contributed by atoms with Gasteiger partial charge in [-0.15, -0.1) is 0 Å². The third-order valence-electron chi connectivity index (χ3n) is 3.22. The molecule has 2 unspecified atom stereocenters. The number of carbonyl (C=O) groups is 1. The number of nitrogens with one attached hydrogen (secondary N) is 2. The summed E-state index contributed by atoms with van der Waals surface area (Å²) in [6.45, 7) is 2.96. The molecule has 5 nitrogen and oxygen atoms in total. The summed E-state index contributed by atoms with van der Waals surface area (Å²) in [5.74, 6) is 0.238. The average molecular weight is 315 g/mol. The minimum atomic E-state index is -0.292. The van der Waals surface area contributed by atoms with Gasteiger partial charge in [0, 0.05) is 37.4 Å². The Morgan fingerprint density at radius 1 is 1.33 bits per heavy atom. The van der Waals surface area contributed by atoms with Crippen LogP contribution in [0.2, 0.25) is 5.02 Å². The van der Waals surface area contributed by atoms with Gasteiger partial charge in [-0.25, -0.2) is 4.79 Å². The molecule has 0 saturated carbocycles. The number of benzene rings is 1. The minimum Gasteiger partial charge on any atom is -0.396 e. The van der Waals surface area contributed by atoms with Crippen LogP contribution in [-0.4, -0.2) is 37.9 Å². The number of hydrogen-bond acceptors (Lipinski definition) is 3. The van der Waals surface area contributed by atoms with Gasteiger partial charge in [-0.05, 0) is 18.4 Å². The van der Waals surface area contributed by atoms with Gasteiger partial charge in [0.05, 0.1) is 0 Å². The van der Waals surface area contributed by atoms with E-state index in [1.807, 2.05) is 25.1 Å². The van der Waals surface area contributed by atoms with Crippen molar-refractivity contribution in [3.8, 4) is 0 Å². The second-order valence-corrected chi connectivity index (χ2v) is 5.36. The van der Waals surface area contributed by atoms with E-state index in [1.54, 1.807) is 13.2 Å². The molecule has 0 bridgehead atoms. The SMILES string of the molecule is COC(CNC(=O)NCC(C)CCO)c1ccccc1Cl. The van der Waals surface area contributed by atoms with E-state index >= 15 is 0 Å². The van der Waals surface area contributed by atoms with E-state index in [2.05, 4.69) is 10.6 Å². The first-order chi connectivity index (χ1) is 10.1. The first-order valence-electron chi connectivity index (χ1n) is 6.98. The number of urea groups is 1. The summed E-state index contributed by atoms with van der Waals surface area (Å²) in [5.41, 5.74) is 0.843. The molecular formula is C15H23ClN2O3. The van der Waals surface area contributed by atoms with Crippen LogP contribution in [0.25, 0.3) is 0 Å². The van der Waals surface area contributed by atoms with E-state index in [4.69, 9.17) is 21.4 Å². The maximum Gasteiger partial charge on any atom is 0.314 e. The third-order valence-corrected chi connectivity index (χ3v) is 3.56. The second-order valence-electron chi connectivity index (χ2n) is 4.95. The minimum absolute atomic E-state index is 0.128. The van der Waals surface area contributed by atoms with Crippen molar-refractivity contribution in [1.29, 1.82) is 0 Å². The fourth-order valence-corrected chi connectivity index (χ4v) is 2.15. The summed E-state index contributed by atoms with van der Waals surface area (Å²) >= 11 is 6.12. The van der Waals surface area contributed by atoms with Gasteiger partial charge in [-0.3, -0.25) is 0 Å². The Bertz CT molecular complexity index is 443. The molecule has 0 aliphatic rings. The van der Waals surface area contributed by atoms with Gasteiger partial charge in [0.15, 0.2) is 0 Å². The molecule has 6 heteroatoms. The first-order valence-corrected chi connectivity index (χ1v) is 7.36. The van der Waals surface area contributed by atoms with Crippen LogP contribution in [0.1, 0.15) is 25.0 Å². The molecule has 3 N–H and O–H groups in total. The van der Waals surface area contributed by atoms with Crippen molar-refractivity contribution in [1.82, 2.24) is 10.6 Å². The number of halogens is 1. The molecule has 0 saturated heterocycles. The maximum absolute atomic E-state index is 11.7. The molecule has 0 aromatic heterocycles. The monoisotopic (exact) mass is 314 g/mol. The number of aliphatic hydroxyl groups excluding tert-OH is 1. The highest BCUT2D eigenvalue weighted by atomic mass is 35.5. The Morgan fingerprint density at radius 2 is 2.00 bits per heavy atom. The lowest BCUT2D eigenvalue weighted by Gasteiger charge is -2.18. The van der Waals surface area contributed by atoms with E-state index in [-0.39, 0.29) is 24.7 Å². The smallest absolute Gasteiger partial charge is 0.314 e. The van der Waals surface area contributed by atoms with Crippen molar-refractivity contribution in [3.05, 3.63) is 34.9 Å². The fraction of sp³-hybridized carbons (Fsp3) is 0.533. The first kappa shape index (κ1) is 17.8. The van der Waals surface area contributed by atoms with Gasteiger partial charge in [0.2, 0.25) is 0 Å². The Balaban J connectivity index is 2.42. The third kappa shape index (κ3) is 6.33. The Hall–Kier alpha value is -1.30. The van der Waals surface area contributed by atoms with Crippen LogP contribution in [0.15, 0.2) is 24.3 Å². The lowest BCUT2D eigenvalue weighted by Crippen LogP contribution is -2.40. The molecule has 0 spiro atoms. The zero-order valence-electron chi connectivity index (χ0n) is 12.4. The van der Waals surface area contributed by atoms with Crippen LogP contribution in [0, 0.1) is 5.92 Å². The number of aliphatic hydroxyl groups is 1. The number of hydrogen-bond donors (Lipinski definition) is 3. The van der Waals surface area contributed by atoms with Crippen LogP contribution < -0.4 is 10.6 Å². The number of ether oxygens (including phenoxy) is 1. The van der Waals surface area contributed by atoms with Crippen molar-refractivity contribution in [2.75, 3.05) is 26.8 Å². The van der Waals surface area contributed by atoms with E-state index in [0.29, 0.717) is 24.5 Å². The quantitative estimate of drug-likeness (QED) is 0.690. The summed E-state index contributed by atoms with van der Waals surface area (Å²) in [6.07, 6.45) is 0.375. The largest absolute Gasteiger partial charge is 0.396 e. The van der Waals surface area contributed by atoms with Crippen LogP contribution in [0.5, 0.6) is 0 Å². The molecule has 1 aromatic rings. The Morgan fingerprint density at radius 3 is 2.62 bits per heavy atom. The zero-order chi connectivity index (χ0) is 15.7. The van der Waals surface area contributed by atoms with Gasteiger partial charge in [0.1, 0.15) is 6.10 Å². The van der Waals surface area contributed by atoms with Crippen molar-refractivity contribution < 1.29 is 14.6 Å². The molecule has 21 heavy (non-hydrogen) atoms. The summed E-state index contributed by atoms with van der Waals surface area (Å²) < 4.78 is 5.37. The zero-order valence-corrected chi connectivity index (χ0v) is 13.2. The fourth-order valence-electron chi connectivity index (χ4n) is 1.89. The highest BCUT2D eigenvalue weighted by Gasteiger charge is 2.15. The molecular weight excluding hydrogens is 292 g/mol. The van der Waals surface area contributed by atoms with Crippen LogP contribution in [0.4, 0.5) is 4.79 Å². The highest BCUT2D eigenvalue weighted by Crippen LogP contribution is 2.24. The molecule has 2 atom stereocenters. The van der Waals surface area contributed by atoms with Crippen LogP contribution >= 0.6 is 11.6 Å². The standard InChI is InChI=1S/C15H23ClN2O3/c1-11(7-8-19)9-17-15(20)18-10-14(21-2)12-5-3-4-6-13(12)16/h3-6,11,14,19H,7-10H2,1-2H3,(H2,17,18,20). The molecule has 0 fully saturated rings. The molecule has 0 aliphatic heterocycles. The van der Waals surface area contributed by atoms with Crippen molar-refractivity contribution in [3.63, 3.8) is 0 Å². The summed E-state index contributed by atoms with van der Waals surface area (Å²) in [5, 5.41) is 14.9.